The number of Topliss-reactive ketones (excluding diaryl/α,β-unsaturated/α-hetero) is 1. The first kappa shape index (κ1) is 40.6. The van der Waals surface area contributed by atoms with Gasteiger partial charge < -0.3 is 30.5 Å². The number of aliphatic carboxylic acids is 3. The van der Waals surface area contributed by atoms with Crippen LogP contribution in [0.1, 0.15) is 96.0 Å². The summed E-state index contributed by atoms with van der Waals surface area (Å²) in [6, 6.07) is 10.1. The Labute approximate surface area is 286 Å². The molecule has 3 atom stereocenters. The highest BCUT2D eigenvalue weighted by atomic mass is 19.1. The molecule has 0 fully saturated rings. The van der Waals surface area contributed by atoms with Gasteiger partial charge in [-0.25, -0.2) is 14.0 Å². The van der Waals surface area contributed by atoms with E-state index in [-0.39, 0.29) is 18.0 Å². The molecule has 0 unspecified atom stereocenters. The van der Waals surface area contributed by atoms with Gasteiger partial charge in [-0.05, 0) is 55.5 Å². The molecule has 0 aliphatic rings. The summed E-state index contributed by atoms with van der Waals surface area (Å²) in [5, 5.41) is 42.1. The van der Waals surface area contributed by atoms with Gasteiger partial charge in [0.2, 0.25) is 5.91 Å². The van der Waals surface area contributed by atoms with Gasteiger partial charge >= 0.3 is 17.9 Å². The summed E-state index contributed by atoms with van der Waals surface area (Å²) < 4.78 is 19.0. The van der Waals surface area contributed by atoms with E-state index in [0.29, 0.717) is 37.0 Å². The number of allylic oxidation sites excluding steroid dienone is 1. The number of carboxylic acids is 3. The van der Waals surface area contributed by atoms with E-state index in [4.69, 9.17) is 4.74 Å². The Kier molecular flexibility index (Phi) is 17.7. The van der Waals surface area contributed by atoms with Crippen molar-refractivity contribution in [2.45, 2.75) is 108 Å². The van der Waals surface area contributed by atoms with Crippen molar-refractivity contribution in [3.05, 3.63) is 72.1 Å². The van der Waals surface area contributed by atoms with Crippen LogP contribution in [0.15, 0.2) is 60.7 Å². The minimum Gasteiger partial charge on any atom is -0.481 e. The Morgan fingerprint density at radius 1 is 0.857 bits per heavy atom. The molecular formula is C37H48FNO10. The largest absolute Gasteiger partial charge is 0.481 e. The first-order valence-electron chi connectivity index (χ1n) is 16.8. The predicted molar refractivity (Wildman–Crippen MR) is 180 cm³/mol. The van der Waals surface area contributed by atoms with E-state index in [9.17, 15) is 48.8 Å². The quantitative estimate of drug-likeness (QED) is 0.0573. The van der Waals surface area contributed by atoms with Crippen LogP contribution in [0.25, 0.3) is 0 Å². The minimum absolute atomic E-state index is 0.233. The maximum Gasteiger partial charge on any atom is 0.337 e. The molecule has 5 N–H and O–H groups in total. The van der Waals surface area contributed by atoms with Crippen LogP contribution in [-0.4, -0.2) is 61.7 Å². The monoisotopic (exact) mass is 685 g/mol. The lowest BCUT2D eigenvalue weighted by atomic mass is 9.82. The van der Waals surface area contributed by atoms with E-state index in [2.05, 4.69) is 12.2 Å². The van der Waals surface area contributed by atoms with Gasteiger partial charge in [0.1, 0.15) is 29.1 Å². The van der Waals surface area contributed by atoms with Crippen LogP contribution in [0.3, 0.4) is 0 Å². The Bertz CT molecular complexity index is 1410. The third-order valence-corrected chi connectivity index (χ3v) is 8.06. The van der Waals surface area contributed by atoms with Crippen LogP contribution >= 0.6 is 0 Å². The standard InChI is InChI=1S/C37H48FNO10/c1-2-3-4-7-10-15-28(40)16-11-8-5-6-9-12-18-31(37(48,36(46)47)25-33(41)42)34(43)39-32(35(44)45)23-26-19-21-29(22-20-26)49-30-17-13-14-27(38)24-30/h12-14,17-22,24,31-32,48H,2-11,15-16,23,25H2,1H3,(H,39,43)(H,41,42)(H,44,45)(H,46,47)/b18-12+/t31-,32-,37-/m0/s1. The van der Waals surface area contributed by atoms with Crippen LogP contribution in [-0.2, 0) is 30.4 Å². The SMILES string of the molecule is CCCCCCCC(=O)CCCCCC/C=C/[C@@H](C(=O)N[C@@H](Cc1ccc(Oc2cccc(F)c2)cc1)C(=O)O)[C@@](O)(CC(=O)O)C(=O)O. The summed E-state index contributed by atoms with van der Waals surface area (Å²) in [6.45, 7) is 2.14. The molecule has 0 aliphatic carbocycles. The lowest BCUT2D eigenvalue weighted by Gasteiger charge is -2.29. The summed E-state index contributed by atoms with van der Waals surface area (Å²) in [6.07, 6.45) is 10.9. The molecule has 0 heterocycles. The molecule has 0 bridgehead atoms. The number of benzene rings is 2. The number of amides is 1. The molecule has 0 aliphatic heterocycles. The van der Waals surface area contributed by atoms with E-state index in [1.165, 1.54) is 55.0 Å². The van der Waals surface area contributed by atoms with Crippen molar-refractivity contribution in [1.82, 2.24) is 5.32 Å². The zero-order chi connectivity index (χ0) is 36.2. The Hall–Kier alpha value is -4.58. The van der Waals surface area contributed by atoms with Gasteiger partial charge in [0.05, 0.1) is 12.3 Å². The van der Waals surface area contributed by atoms with E-state index >= 15 is 0 Å². The number of carbonyl (C=O) groups is 5. The summed E-state index contributed by atoms with van der Waals surface area (Å²) >= 11 is 0. The smallest absolute Gasteiger partial charge is 0.337 e. The fourth-order valence-corrected chi connectivity index (χ4v) is 5.29. The van der Waals surface area contributed by atoms with Crippen LogP contribution in [0.4, 0.5) is 4.39 Å². The van der Waals surface area contributed by atoms with Crippen LogP contribution in [0, 0.1) is 11.7 Å². The van der Waals surface area contributed by atoms with Crippen LogP contribution < -0.4 is 10.1 Å². The third-order valence-electron chi connectivity index (χ3n) is 8.06. The molecule has 0 aromatic heterocycles. The van der Waals surface area contributed by atoms with Gasteiger partial charge in [0.15, 0.2) is 5.60 Å². The third kappa shape index (κ3) is 15.0. The molecule has 0 saturated carbocycles. The molecule has 0 spiro atoms. The Morgan fingerprint density at radius 2 is 1.49 bits per heavy atom. The summed E-state index contributed by atoms with van der Waals surface area (Å²) in [5.74, 6) is -7.77. The molecule has 49 heavy (non-hydrogen) atoms. The lowest BCUT2D eigenvalue weighted by Crippen LogP contribution is -2.55. The number of rotatable bonds is 25. The number of unbranched alkanes of at least 4 members (excludes halogenated alkanes) is 8. The molecule has 0 saturated heterocycles. The number of aliphatic hydroxyl groups is 1. The summed E-state index contributed by atoms with van der Waals surface area (Å²) in [7, 11) is 0. The molecule has 2 rings (SSSR count). The van der Waals surface area contributed by atoms with Gasteiger partial charge in [-0.2, -0.15) is 0 Å². The van der Waals surface area contributed by atoms with E-state index < -0.39 is 53.6 Å². The molecule has 2 aromatic rings. The van der Waals surface area contributed by atoms with Gasteiger partial charge in [-0.1, -0.05) is 75.8 Å². The van der Waals surface area contributed by atoms with Crippen molar-refractivity contribution in [1.29, 1.82) is 0 Å². The summed E-state index contributed by atoms with van der Waals surface area (Å²) in [4.78, 5) is 61.0. The molecule has 12 heteroatoms. The average Bonchev–Trinajstić information content (AvgIpc) is 3.04. The maximum atomic E-state index is 13.5. The number of carboxylic acid groups (broad SMARTS) is 3. The van der Waals surface area contributed by atoms with E-state index in [1.54, 1.807) is 6.07 Å². The maximum absolute atomic E-state index is 13.5. The van der Waals surface area contributed by atoms with Crippen molar-refractivity contribution in [2.24, 2.45) is 5.92 Å². The first-order valence-corrected chi connectivity index (χ1v) is 16.8. The van der Waals surface area contributed by atoms with Gasteiger partial charge in [-0.15, -0.1) is 0 Å². The number of hydrogen-bond acceptors (Lipinski definition) is 7. The van der Waals surface area contributed by atoms with Gasteiger partial charge in [0.25, 0.3) is 0 Å². The lowest BCUT2D eigenvalue weighted by molar-refractivity contribution is -0.172. The van der Waals surface area contributed by atoms with Gasteiger partial charge in [0, 0.05) is 25.3 Å². The highest BCUT2D eigenvalue weighted by molar-refractivity contribution is 5.94. The number of carbonyl (C=O) groups excluding carboxylic acids is 2. The normalized spacial score (nSPS) is 13.7. The Balaban J connectivity index is 2.01. The zero-order valence-electron chi connectivity index (χ0n) is 27.9. The van der Waals surface area contributed by atoms with Crippen molar-refractivity contribution in [3.63, 3.8) is 0 Å². The van der Waals surface area contributed by atoms with Crippen molar-refractivity contribution in [2.75, 3.05) is 0 Å². The number of ether oxygens (including phenoxy) is 1. The van der Waals surface area contributed by atoms with E-state index in [1.807, 2.05) is 0 Å². The Morgan fingerprint density at radius 3 is 2.06 bits per heavy atom. The fraction of sp³-hybridized carbons (Fsp3) is 0.486. The predicted octanol–water partition coefficient (Wildman–Crippen LogP) is 6.46. The number of hydrogen-bond donors (Lipinski definition) is 5. The second-order valence-corrected chi connectivity index (χ2v) is 12.2. The number of ketones is 1. The molecule has 2 aromatic carbocycles. The minimum atomic E-state index is -3.05. The first-order chi connectivity index (χ1) is 23.3. The molecule has 268 valence electrons. The molecule has 1 amide bonds. The number of nitrogens with one attached hydrogen (secondary N) is 1. The highest BCUT2D eigenvalue weighted by Gasteiger charge is 2.49. The van der Waals surface area contributed by atoms with Crippen molar-refractivity contribution < 1.29 is 53.5 Å². The highest BCUT2D eigenvalue weighted by Crippen LogP contribution is 2.26. The second kappa shape index (κ2) is 21.4. The van der Waals surface area contributed by atoms with Crippen molar-refractivity contribution in [3.8, 4) is 11.5 Å². The topological polar surface area (TPSA) is 188 Å². The fourth-order valence-electron chi connectivity index (χ4n) is 5.29. The average molecular weight is 686 g/mol. The van der Waals surface area contributed by atoms with Crippen LogP contribution in [0.5, 0.6) is 11.5 Å². The van der Waals surface area contributed by atoms with Crippen molar-refractivity contribution >= 4 is 29.6 Å². The summed E-state index contributed by atoms with van der Waals surface area (Å²) in [5.41, 5.74) is -2.60. The molecule has 0 radical (unpaired) electrons. The molecular weight excluding hydrogens is 637 g/mol. The van der Waals surface area contributed by atoms with Crippen LogP contribution in [0.2, 0.25) is 0 Å². The second-order valence-electron chi connectivity index (χ2n) is 12.2. The zero-order valence-corrected chi connectivity index (χ0v) is 27.9. The number of halogens is 1. The van der Waals surface area contributed by atoms with Gasteiger partial charge in [-0.3, -0.25) is 14.4 Å². The molecule has 11 nitrogen and oxygen atoms in total. The van der Waals surface area contributed by atoms with E-state index in [0.717, 1.165) is 51.0 Å².